The maximum absolute atomic E-state index is 10.7. The molecule has 4 N–H and O–H groups in total. The third-order valence-electron chi connectivity index (χ3n) is 1.77. The van der Waals surface area contributed by atoms with Gasteiger partial charge in [-0.05, 0) is 0 Å². The molecule has 0 aliphatic carbocycles. The van der Waals surface area contributed by atoms with E-state index < -0.39 is 49.4 Å². The van der Waals surface area contributed by atoms with Gasteiger partial charge in [0.2, 0.25) is 0 Å². The standard InChI is InChI=1S/C8H11NO8.Na.H/c10-5(11)1-4(8(16)17)9(2-6(12)13)3-7(14)15;;/h4H,1-3H2,(H,10,11)(H,12,13)(H,14,15)(H,16,17);;/q;+1;-1/t4-;;/m0../s1. The van der Waals surface area contributed by atoms with Gasteiger partial charge in [0.15, 0.2) is 0 Å². The van der Waals surface area contributed by atoms with E-state index in [1.54, 1.807) is 0 Å². The van der Waals surface area contributed by atoms with Gasteiger partial charge in [0.1, 0.15) is 6.04 Å². The van der Waals surface area contributed by atoms with Gasteiger partial charge >= 0.3 is 53.4 Å². The zero-order valence-electron chi connectivity index (χ0n) is 10.6. The molecule has 0 aliphatic rings. The Bertz CT molecular complexity index is 334. The van der Waals surface area contributed by atoms with Crippen molar-refractivity contribution < 1.29 is 70.6 Å². The first-order valence-electron chi connectivity index (χ1n) is 4.36. The van der Waals surface area contributed by atoms with Crippen molar-refractivity contribution in [1.82, 2.24) is 4.90 Å². The number of carbonyl (C=O) groups is 4. The van der Waals surface area contributed by atoms with Gasteiger partial charge in [0, 0.05) is 0 Å². The summed E-state index contributed by atoms with van der Waals surface area (Å²) >= 11 is 0. The second-order valence-electron chi connectivity index (χ2n) is 3.14. The van der Waals surface area contributed by atoms with Crippen molar-refractivity contribution in [2.75, 3.05) is 13.1 Å². The summed E-state index contributed by atoms with van der Waals surface area (Å²) in [4.78, 5) is 42.6. The number of carboxylic acid groups (broad SMARTS) is 4. The molecule has 0 amide bonds. The van der Waals surface area contributed by atoms with Crippen LogP contribution < -0.4 is 29.6 Å². The molecule has 18 heavy (non-hydrogen) atoms. The van der Waals surface area contributed by atoms with E-state index in [-0.39, 0.29) is 31.0 Å². The predicted octanol–water partition coefficient (Wildman–Crippen LogP) is -4.50. The van der Waals surface area contributed by atoms with Crippen molar-refractivity contribution in [2.24, 2.45) is 0 Å². The van der Waals surface area contributed by atoms with E-state index in [1.165, 1.54) is 0 Å². The van der Waals surface area contributed by atoms with Crippen molar-refractivity contribution in [3.05, 3.63) is 0 Å². The molecular weight excluding hydrogens is 261 g/mol. The van der Waals surface area contributed by atoms with Crippen LogP contribution in [0.25, 0.3) is 0 Å². The van der Waals surface area contributed by atoms with Gasteiger partial charge in [0.25, 0.3) is 0 Å². The molecule has 98 valence electrons. The second-order valence-corrected chi connectivity index (χ2v) is 3.14. The summed E-state index contributed by atoms with van der Waals surface area (Å²) in [7, 11) is 0. The normalized spacial score (nSPS) is 11.4. The Hall–Kier alpha value is -1.16. The molecule has 1 atom stereocenters. The molecule has 0 heterocycles. The first-order valence-corrected chi connectivity index (χ1v) is 4.36. The van der Waals surface area contributed by atoms with Crippen LogP contribution >= 0.6 is 0 Å². The Kier molecular flexibility index (Phi) is 9.45. The summed E-state index contributed by atoms with van der Waals surface area (Å²) < 4.78 is 0. The fraction of sp³-hybridized carbons (Fsp3) is 0.500. The molecule has 0 aromatic rings. The third-order valence-corrected chi connectivity index (χ3v) is 1.77. The predicted molar refractivity (Wildman–Crippen MR) is 51.6 cm³/mol. The van der Waals surface area contributed by atoms with E-state index in [2.05, 4.69) is 0 Å². The van der Waals surface area contributed by atoms with Crippen LogP contribution in [0.1, 0.15) is 7.85 Å². The minimum atomic E-state index is -1.69. The third kappa shape index (κ3) is 8.01. The van der Waals surface area contributed by atoms with Gasteiger partial charge in [0.05, 0.1) is 19.5 Å². The van der Waals surface area contributed by atoms with Crippen molar-refractivity contribution in [3.8, 4) is 0 Å². The Morgan fingerprint density at radius 1 is 0.889 bits per heavy atom. The zero-order valence-corrected chi connectivity index (χ0v) is 11.6. The van der Waals surface area contributed by atoms with Crippen LogP contribution in [-0.2, 0) is 19.2 Å². The molecule has 0 aromatic heterocycles. The van der Waals surface area contributed by atoms with E-state index in [4.69, 9.17) is 20.4 Å². The number of aliphatic carboxylic acids is 4. The molecule has 0 aliphatic heterocycles. The molecule has 0 saturated carbocycles. The summed E-state index contributed by atoms with van der Waals surface area (Å²) in [6.07, 6.45) is -0.879. The van der Waals surface area contributed by atoms with Crippen LogP contribution in [0.15, 0.2) is 0 Å². The molecule has 0 spiro atoms. The molecule has 0 aromatic carbocycles. The quantitative estimate of drug-likeness (QED) is 0.320. The Morgan fingerprint density at radius 2 is 1.28 bits per heavy atom. The van der Waals surface area contributed by atoms with Gasteiger partial charge in [-0.15, -0.1) is 0 Å². The summed E-state index contributed by atoms with van der Waals surface area (Å²) in [5.41, 5.74) is 0. The van der Waals surface area contributed by atoms with Crippen LogP contribution in [0.4, 0.5) is 0 Å². The molecule has 0 saturated heterocycles. The van der Waals surface area contributed by atoms with Crippen molar-refractivity contribution in [3.63, 3.8) is 0 Å². The van der Waals surface area contributed by atoms with Crippen LogP contribution in [0.3, 0.4) is 0 Å². The SMILES string of the molecule is O=C(O)C[C@@H](C(=O)O)N(CC(=O)O)CC(=O)O.[H-].[Na+]. The van der Waals surface area contributed by atoms with E-state index >= 15 is 0 Å². The van der Waals surface area contributed by atoms with Crippen LogP contribution in [0.5, 0.6) is 0 Å². The van der Waals surface area contributed by atoms with E-state index in [9.17, 15) is 19.2 Å². The average Bonchev–Trinajstić information content (AvgIpc) is 2.10. The monoisotopic (exact) mass is 273 g/mol. The largest absolute Gasteiger partial charge is 1.00 e. The van der Waals surface area contributed by atoms with Gasteiger partial charge in [-0.25, -0.2) is 0 Å². The maximum Gasteiger partial charge on any atom is 1.00 e. The Labute approximate surface area is 125 Å². The van der Waals surface area contributed by atoms with Gasteiger partial charge in [-0.1, -0.05) is 0 Å². The van der Waals surface area contributed by atoms with Crippen LogP contribution in [0, 0.1) is 0 Å². The average molecular weight is 273 g/mol. The van der Waals surface area contributed by atoms with Crippen molar-refractivity contribution in [1.29, 1.82) is 0 Å². The second kappa shape index (κ2) is 8.86. The molecule has 0 radical (unpaired) electrons. The summed E-state index contributed by atoms with van der Waals surface area (Å²) in [6.45, 7) is -1.73. The molecular formula is C8H12NNaO8. The molecule has 9 nitrogen and oxygen atoms in total. The first kappa shape index (κ1) is 19.2. The first-order chi connectivity index (χ1) is 7.73. The summed E-state index contributed by atoms with van der Waals surface area (Å²) in [6, 6.07) is -1.69. The van der Waals surface area contributed by atoms with Crippen LogP contribution in [-0.4, -0.2) is 68.3 Å². The van der Waals surface area contributed by atoms with E-state index in [0.29, 0.717) is 4.90 Å². The van der Waals surface area contributed by atoms with E-state index in [1.807, 2.05) is 0 Å². The smallest absolute Gasteiger partial charge is 1.00 e. The number of hydrogen-bond acceptors (Lipinski definition) is 5. The number of carboxylic acids is 4. The molecule has 0 rings (SSSR count). The van der Waals surface area contributed by atoms with Gasteiger partial charge < -0.3 is 21.9 Å². The molecule has 0 fully saturated rings. The van der Waals surface area contributed by atoms with Gasteiger partial charge in [-0.3, -0.25) is 24.1 Å². The summed E-state index contributed by atoms with van der Waals surface area (Å²) in [5, 5.41) is 34.2. The number of hydrogen-bond donors (Lipinski definition) is 4. The minimum Gasteiger partial charge on any atom is -1.00 e. The number of rotatable bonds is 8. The fourth-order valence-corrected chi connectivity index (χ4v) is 1.16. The minimum absolute atomic E-state index is 0. The molecule has 0 bridgehead atoms. The van der Waals surface area contributed by atoms with Gasteiger partial charge in [-0.2, -0.15) is 0 Å². The maximum atomic E-state index is 10.7. The molecule has 10 heteroatoms. The van der Waals surface area contributed by atoms with Crippen molar-refractivity contribution >= 4 is 23.9 Å². The summed E-state index contributed by atoms with van der Waals surface area (Å²) in [5.74, 6) is -5.93. The van der Waals surface area contributed by atoms with E-state index in [0.717, 1.165) is 0 Å². The van der Waals surface area contributed by atoms with Crippen molar-refractivity contribution in [2.45, 2.75) is 12.5 Å². The molecule has 0 unspecified atom stereocenters. The van der Waals surface area contributed by atoms with Crippen LogP contribution in [0.2, 0.25) is 0 Å². The zero-order chi connectivity index (χ0) is 13.6. The topological polar surface area (TPSA) is 152 Å². The Balaban J connectivity index is -0.00000128. The number of nitrogens with zero attached hydrogens (tertiary/aromatic N) is 1. The fourth-order valence-electron chi connectivity index (χ4n) is 1.16. The Morgan fingerprint density at radius 3 is 1.50 bits per heavy atom.